The van der Waals surface area contributed by atoms with Gasteiger partial charge in [-0.1, -0.05) is 12.8 Å². The van der Waals surface area contributed by atoms with Crippen LogP contribution >= 0.6 is 0 Å². The van der Waals surface area contributed by atoms with E-state index in [9.17, 15) is 19.8 Å². The first-order chi connectivity index (χ1) is 9.81. The SMILES string of the molecule is COC(=O)CCCCC[C@]1(C)O[CH][C@@H](O)[C@@H](O)[C@@H]1C(N)=O. The monoisotopic (exact) mass is 302 g/mol. The average molecular weight is 302 g/mol. The van der Waals surface area contributed by atoms with E-state index in [1.165, 1.54) is 7.11 Å². The molecule has 1 rings (SSSR count). The lowest BCUT2D eigenvalue weighted by atomic mass is 9.76. The van der Waals surface area contributed by atoms with Gasteiger partial charge in [-0.2, -0.15) is 0 Å². The summed E-state index contributed by atoms with van der Waals surface area (Å²) in [6, 6.07) is 0. The van der Waals surface area contributed by atoms with Gasteiger partial charge in [0.2, 0.25) is 5.91 Å². The minimum atomic E-state index is -1.27. The standard InChI is InChI=1S/C14H24NO6/c1-14(7-5-3-4-6-10(17)20-2)11(13(15)19)12(18)9(16)8-21-14/h8-9,11-12,16,18H,3-7H2,1-2H3,(H2,15,19)/t9-,11-,12-,14+/m1/s1. The van der Waals surface area contributed by atoms with Crippen molar-refractivity contribution in [3.8, 4) is 0 Å². The van der Waals surface area contributed by atoms with Gasteiger partial charge >= 0.3 is 5.97 Å². The van der Waals surface area contributed by atoms with Crippen molar-refractivity contribution in [1.82, 2.24) is 0 Å². The number of rotatable bonds is 7. The highest BCUT2D eigenvalue weighted by Crippen LogP contribution is 2.37. The van der Waals surface area contributed by atoms with Crippen LogP contribution in [0.5, 0.6) is 0 Å². The molecule has 0 aromatic carbocycles. The summed E-state index contributed by atoms with van der Waals surface area (Å²) in [6.45, 7) is 2.83. The Kier molecular flexibility index (Phi) is 6.57. The number of nitrogens with two attached hydrogens (primary N) is 1. The fourth-order valence-electron chi connectivity index (χ4n) is 2.65. The molecule has 0 spiro atoms. The van der Waals surface area contributed by atoms with Crippen molar-refractivity contribution in [1.29, 1.82) is 0 Å². The van der Waals surface area contributed by atoms with Crippen molar-refractivity contribution in [3.63, 3.8) is 0 Å². The molecule has 0 bridgehead atoms. The number of ether oxygens (including phenoxy) is 2. The number of hydrogen-bond acceptors (Lipinski definition) is 6. The van der Waals surface area contributed by atoms with Crippen molar-refractivity contribution >= 4 is 11.9 Å². The van der Waals surface area contributed by atoms with Gasteiger partial charge in [-0.05, 0) is 19.8 Å². The van der Waals surface area contributed by atoms with E-state index in [1.54, 1.807) is 6.92 Å². The Hall–Kier alpha value is -1.18. The first-order valence-corrected chi connectivity index (χ1v) is 7.05. The predicted octanol–water partition coefficient (Wildman–Crippen LogP) is -0.116. The Morgan fingerprint density at radius 1 is 1.33 bits per heavy atom. The third kappa shape index (κ3) is 4.66. The number of aliphatic hydroxyl groups is 2. The molecule has 1 radical (unpaired) electrons. The lowest BCUT2D eigenvalue weighted by Gasteiger charge is -2.44. The van der Waals surface area contributed by atoms with Crippen molar-refractivity contribution in [2.45, 2.75) is 56.8 Å². The van der Waals surface area contributed by atoms with Crippen LogP contribution in [0.2, 0.25) is 0 Å². The summed E-state index contributed by atoms with van der Waals surface area (Å²) < 4.78 is 9.99. The third-order valence-electron chi connectivity index (χ3n) is 3.91. The number of carbonyl (C=O) groups excluding carboxylic acids is 2. The topological polar surface area (TPSA) is 119 Å². The van der Waals surface area contributed by atoms with E-state index < -0.39 is 29.6 Å². The molecule has 7 heteroatoms. The van der Waals surface area contributed by atoms with Gasteiger partial charge in [-0.3, -0.25) is 9.59 Å². The molecule has 1 amide bonds. The zero-order chi connectivity index (χ0) is 16.0. The molecule has 0 aliphatic carbocycles. The summed E-state index contributed by atoms with van der Waals surface area (Å²) in [5, 5.41) is 19.5. The average Bonchev–Trinajstić information content (AvgIpc) is 2.42. The van der Waals surface area contributed by atoms with Crippen LogP contribution in [0.4, 0.5) is 0 Å². The van der Waals surface area contributed by atoms with Gasteiger partial charge in [-0.15, -0.1) is 0 Å². The maximum Gasteiger partial charge on any atom is 0.305 e. The molecule has 4 N–H and O–H groups in total. The normalized spacial score (nSPS) is 32.7. The second kappa shape index (κ2) is 7.72. The number of aliphatic hydroxyl groups excluding tert-OH is 2. The summed E-state index contributed by atoms with van der Waals surface area (Å²) in [5.41, 5.74) is 4.37. The number of primary amides is 1. The number of carbonyl (C=O) groups is 2. The largest absolute Gasteiger partial charge is 0.469 e. The molecule has 0 unspecified atom stereocenters. The van der Waals surface area contributed by atoms with Crippen LogP contribution in [0.25, 0.3) is 0 Å². The minimum absolute atomic E-state index is 0.253. The first-order valence-electron chi connectivity index (χ1n) is 7.05. The van der Waals surface area contributed by atoms with Crippen LogP contribution in [0, 0.1) is 12.5 Å². The van der Waals surface area contributed by atoms with E-state index in [4.69, 9.17) is 10.5 Å². The molecule has 1 heterocycles. The van der Waals surface area contributed by atoms with Gasteiger partial charge in [-0.25, -0.2) is 0 Å². The summed E-state index contributed by atoms with van der Waals surface area (Å²) in [5.74, 6) is -1.93. The molecule has 1 aliphatic rings. The van der Waals surface area contributed by atoms with Crippen LogP contribution in [0.1, 0.15) is 39.0 Å². The molecule has 4 atom stereocenters. The maximum atomic E-state index is 11.5. The van der Waals surface area contributed by atoms with E-state index in [1.807, 2.05) is 0 Å². The van der Waals surface area contributed by atoms with E-state index in [0.29, 0.717) is 25.7 Å². The highest BCUT2D eigenvalue weighted by atomic mass is 16.5. The molecule has 0 saturated carbocycles. The van der Waals surface area contributed by atoms with Crippen LogP contribution < -0.4 is 5.73 Å². The summed E-state index contributed by atoms with van der Waals surface area (Å²) in [6.07, 6.45) is 0.486. The minimum Gasteiger partial charge on any atom is -0.469 e. The Labute approximate surface area is 124 Å². The highest BCUT2D eigenvalue weighted by molar-refractivity contribution is 5.79. The quantitative estimate of drug-likeness (QED) is 0.446. The Morgan fingerprint density at radius 2 is 2.00 bits per heavy atom. The summed E-state index contributed by atoms with van der Waals surface area (Å²) in [7, 11) is 1.35. The van der Waals surface area contributed by atoms with Crippen molar-refractivity contribution < 1.29 is 29.3 Å². The van der Waals surface area contributed by atoms with Gasteiger partial charge in [0.05, 0.1) is 24.7 Å². The molecule has 1 fully saturated rings. The Bertz CT molecular complexity index is 374. The smallest absolute Gasteiger partial charge is 0.305 e. The summed E-state index contributed by atoms with van der Waals surface area (Å²) >= 11 is 0. The molecule has 1 aliphatic heterocycles. The molecule has 7 nitrogen and oxygen atoms in total. The van der Waals surface area contributed by atoms with E-state index in [-0.39, 0.29) is 5.97 Å². The highest BCUT2D eigenvalue weighted by Gasteiger charge is 2.49. The predicted molar refractivity (Wildman–Crippen MR) is 73.6 cm³/mol. The number of hydrogen-bond donors (Lipinski definition) is 3. The van der Waals surface area contributed by atoms with Crippen LogP contribution in [0.3, 0.4) is 0 Å². The van der Waals surface area contributed by atoms with E-state index >= 15 is 0 Å². The lowest BCUT2D eigenvalue weighted by Crippen LogP contribution is -2.58. The second-order valence-electron chi connectivity index (χ2n) is 5.56. The van der Waals surface area contributed by atoms with Gasteiger partial charge in [0.25, 0.3) is 0 Å². The molecule has 1 saturated heterocycles. The van der Waals surface area contributed by atoms with Gasteiger partial charge < -0.3 is 25.4 Å². The van der Waals surface area contributed by atoms with Gasteiger partial charge in [0.15, 0.2) is 0 Å². The lowest BCUT2D eigenvalue weighted by molar-refractivity contribution is -0.182. The zero-order valence-corrected chi connectivity index (χ0v) is 12.4. The van der Waals surface area contributed by atoms with Crippen molar-refractivity contribution in [3.05, 3.63) is 6.61 Å². The Morgan fingerprint density at radius 3 is 2.57 bits per heavy atom. The van der Waals surface area contributed by atoms with Crippen LogP contribution in [-0.2, 0) is 19.1 Å². The first kappa shape index (κ1) is 17.9. The molecule has 0 aromatic heterocycles. The zero-order valence-electron chi connectivity index (χ0n) is 12.4. The fraction of sp³-hybridized carbons (Fsp3) is 0.786. The number of esters is 1. The van der Waals surface area contributed by atoms with E-state index in [2.05, 4.69) is 4.74 Å². The molecule has 0 aromatic rings. The van der Waals surface area contributed by atoms with Crippen molar-refractivity contribution in [2.24, 2.45) is 11.7 Å². The third-order valence-corrected chi connectivity index (χ3v) is 3.91. The molecule has 121 valence electrons. The van der Waals surface area contributed by atoms with Gasteiger partial charge in [0, 0.05) is 6.42 Å². The molecular formula is C14H24NO6. The second-order valence-corrected chi connectivity index (χ2v) is 5.56. The molecular weight excluding hydrogens is 278 g/mol. The Balaban J connectivity index is 2.50. The van der Waals surface area contributed by atoms with Gasteiger partial charge in [0.1, 0.15) is 12.7 Å². The number of methoxy groups -OCH3 is 1. The number of unbranched alkanes of at least 4 members (excludes halogenated alkanes) is 2. The van der Waals surface area contributed by atoms with E-state index in [0.717, 1.165) is 13.0 Å². The summed E-state index contributed by atoms with van der Waals surface area (Å²) in [4.78, 5) is 22.5. The molecule has 21 heavy (non-hydrogen) atoms. The van der Waals surface area contributed by atoms with Crippen LogP contribution in [0.15, 0.2) is 0 Å². The number of amides is 1. The fourth-order valence-corrected chi connectivity index (χ4v) is 2.65. The maximum absolute atomic E-state index is 11.5. The van der Waals surface area contributed by atoms with Crippen LogP contribution in [-0.4, -0.2) is 47.0 Å². The van der Waals surface area contributed by atoms with Crippen molar-refractivity contribution in [2.75, 3.05) is 7.11 Å².